The zero-order valence-electron chi connectivity index (χ0n) is 18.7. The number of phenolic OH excluding ortho intramolecular Hbond substituents is 1. The van der Waals surface area contributed by atoms with Crippen LogP contribution in [-0.4, -0.2) is 47.3 Å². The van der Waals surface area contributed by atoms with Crippen LogP contribution in [0.1, 0.15) is 47.7 Å². The van der Waals surface area contributed by atoms with E-state index >= 15 is 0 Å². The predicted molar refractivity (Wildman–Crippen MR) is 123 cm³/mol. The minimum atomic E-state index is -1.27. The summed E-state index contributed by atoms with van der Waals surface area (Å²) in [6, 6.07) is 12.1. The Balaban J connectivity index is 1.56. The molecule has 0 radical (unpaired) electrons. The molecule has 1 amide bonds. The molecule has 2 aliphatic rings. The van der Waals surface area contributed by atoms with E-state index in [4.69, 9.17) is 4.74 Å². The van der Waals surface area contributed by atoms with E-state index in [0.717, 1.165) is 17.5 Å². The molecule has 2 heterocycles. The number of rotatable bonds is 7. The SMILES string of the molecule is CC(C)c1ccc(C(=O)NC(Cc2ccc(O)cc2)C(=O)C2OC3=CCCNC3C2=O)cc1. The van der Waals surface area contributed by atoms with E-state index in [1.165, 1.54) is 12.1 Å². The van der Waals surface area contributed by atoms with Crippen molar-refractivity contribution in [3.05, 3.63) is 77.1 Å². The van der Waals surface area contributed by atoms with Gasteiger partial charge in [-0.15, -0.1) is 0 Å². The van der Waals surface area contributed by atoms with Gasteiger partial charge in [0, 0.05) is 5.56 Å². The smallest absolute Gasteiger partial charge is 0.251 e. The van der Waals surface area contributed by atoms with E-state index in [1.807, 2.05) is 18.2 Å². The van der Waals surface area contributed by atoms with Gasteiger partial charge in [0.25, 0.3) is 5.91 Å². The van der Waals surface area contributed by atoms with Crippen LogP contribution in [-0.2, 0) is 20.7 Å². The number of hydrogen-bond donors (Lipinski definition) is 3. The van der Waals surface area contributed by atoms with Crippen molar-refractivity contribution in [3.63, 3.8) is 0 Å². The van der Waals surface area contributed by atoms with Crippen LogP contribution < -0.4 is 10.6 Å². The molecule has 3 unspecified atom stereocenters. The van der Waals surface area contributed by atoms with E-state index in [9.17, 15) is 19.5 Å². The standard InChI is InChI=1S/C26H28N2O5/c1-15(2)17-7-9-18(10-8-17)26(32)28-20(14-16-5-11-19(29)12-6-16)23(30)25-24(31)22-21(33-25)4-3-13-27-22/h4-12,15,20,22,25,27,29H,3,13-14H2,1-2H3,(H,28,32). The Labute approximate surface area is 192 Å². The van der Waals surface area contributed by atoms with Crippen LogP contribution in [0.5, 0.6) is 5.75 Å². The molecule has 3 atom stereocenters. The lowest BCUT2D eigenvalue weighted by Gasteiger charge is -2.20. The Hall–Kier alpha value is -3.45. The quantitative estimate of drug-likeness (QED) is 0.563. The van der Waals surface area contributed by atoms with E-state index in [1.54, 1.807) is 24.3 Å². The molecule has 172 valence electrons. The number of hydrogen-bond acceptors (Lipinski definition) is 6. The van der Waals surface area contributed by atoms with Crippen LogP contribution in [0.25, 0.3) is 0 Å². The molecule has 0 spiro atoms. The second-order valence-corrected chi connectivity index (χ2v) is 8.76. The fourth-order valence-corrected chi connectivity index (χ4v) is 4.10. The molecule has 2 aromatic rings. The van der Waals surface area contributed by atoms with Crippen molar-refractivity contribution in [3.8, 4) is 5.75 Å². The number of aromatic hydroxyl groups is 1. The first kappa shape index (κ1) is 22.7. The molecule has 0 aliphatic carbocycles. The average molecular weight is 449 g/mol. The van der Waals surface area contributed by atoms with Gasteiger partial charge in [-0.1, -0.05) is 38.1 Å². The molecule has 0 bridgehead atoms. The first-order valence-corrected chi connectivity index (χ1v) is 11.2. The second kappa shape index (κ2) is 9.58. The Morgan fingerprint density at radius 1 is 1.12 bits per heavy atom. The van der Waals surface area contributed by atoms with Gasteiger partial charge in [0.05, 0.1) is 6.04 Å². The second-order valence-electron chi connectivity index (χ2n) is 8.76. The molecule has 4 rings (SSSR count). The molecule has 3 N–H and O–H groups in total. The Morgan fingerprint density at radius 2 is 1.82 bits per heavy atom. The van der Waals surface area contributed by atoms with Crippen LogP contribution >= 0.6 is 0 Å². The number of benzene rings is 2. The molecule has 2 aromatic carbocycles. The highest BCUT2D eigenvalue weighted by Gasteiger charge is 2.47. The number of nitrogens with one attached hydrogen (secondary N) is 2. The minimum Gasteiger partial charge on any atom is -0.508 e. The van der Waals surface area contributed by atoms with Crippen LogP contribution in [0.2, 0.25) is 0 Å². The summed E-state index contributed by atoms with van der Waals surface area (Å²) < 4.78 is 5.71. The molecule has 0 saturated carbocycles. The number of fused-ring (bicyclic) bond motifs is 1. The zero-order valence-corrected chi connectivity index (χ0v) is 18.7. The fraction of sp³-hybridized carbons (Fsp3) is 0.346. The van der Waals surface area contributed by atoms with Crippen LogP contribution in [0.4, 0.5) is 0 Å². The third-order valence-electron chi connectivity index (χ3n) is 6.04. The number of ketones is 2. The van der Waals surface area contributed by atoms with Crippen LogP contribution in [0, 0.1) is 0 Å². The Kier molecular flexibility index (Phi) is 6.60. The third kappa shape index (κ3) is 4.98. The lowest BCUT2D eigenvalue weighted by molar-refractivity contribution is -0.136. The van der Waals surface area contributed by atoms with Crippen molar-refractivity contribution in [1.29, 1.82) is 0 Å². The van der Waals surface area contributed by atoms with Crippen molar-refractivity contribution in [2.75, 3.05) is 6.54 Å². The molecule has 0 aromatic heterocycles. The van der Waals surface area contributed by atoms with Gasteiger partial charge in [0.1, 0.15) is 17.6 Å². The van der Waals surface area contributed by atoms with E-state index < -0.39 is 29.9 Å². The molecule has 33 heavy (non-hydrogen) atoms. The van der Waals surface area contributed by atoms with Gasteiger partial charge < -0.3 is 20.5 Å². The normalized spacial score (nSPS) is 20.6. The number of carbonyl (C=O) groups is 3. The maximum atomic E-state index is 13.4. The molecule has 7 heteroatoms. The van der Waals surface area contributed by atoms with E-state index in [-0.39, 0.29) is 18.0 Å². The topological polar surface area (TPSA) is 105 Å². The highest BCUT2D eigenvalue weighted by atomic mass is 16.5. The van der Waals surface area contributed by atoms with Crippen LogP contribution in [0.15, 0.2) is 60.4 Å². The summed E-state index contributed by atoms with van der Waals surface area (Å²) in [6.45, 7) is 4.79. The summed E-state index contributed by atoms with van der Waals surface area (Å²) in [5.74, 6) is -0.309. The predicted octanol–water partition coefficient (Wildman–Crippen LogP) is 2.64. The van der Waals surface area contributed by atoms with Gasteiger partial charge in [0.2, 0.25) is 17.7 Å². The zero-order chi connectivity index (χ0) is 23.5. The monoisotopic (exact) mass is 448 g/mol. The first-order chi connectivity index (χ1) is 15.8. The summed E-state index contributed by atoms with van der Waals surface area (Å²) in [5.41, 5.74) is 2.28. The Bertz CT molecular complexity index is 1070. The van der Waals surface area contributed by atoms with Gasteiger partial charge in [-0.3, -0.25) is 14.4 Å². The van der Waals surface area contributed by atoms with Gasteiger partial charge in [-0.05, 0) is 66.8 Å². The van der Waals surface area contributed by atoms with Crippen molar-refractivity contribution < 1.29 is 24.2 Å². The van der Waals surface area contributed by atoms with Crippen molar-refractivity contribution >= 4 is 17.5 Å². The number of amides is 1. The fourth-order valence-electron chi connectivity index (χ4n) is 4.10. The summed E-state index contributed by atoms with van der Waals surface area (Å²) in [5, 5.41) is 15.4. The molecule has 1 saturated heterocycles. The van der Waals surface area contributed by atoms with Crippen molar-refractivity contribution in [1.82, 2.24) is 10.6 Å². The molecule has 2 aliphatic heterocycles. The number of Topliss-reactive ketones (excluding diaryl/α,β-unsaturated/α-hetero) is 2. The summed E-state index contributed by atoms with van der Waals surface area (Å²) >= 11 is 0. The van der Waals surface area contributed by atoms with Gasteiger partial charge in [-0.25, -0.2) is 0 Å². The summed E-state index contributed by atoms with van der Waals surface area (Å²) in [7, 11) is 0. The van der Waals surface area contributed by atoms with Crippen molar-refractivity contribution in [2.24, 2.45) is 0 Å². The van der Waals surface area contributed by atoms with Crippen LogP contribution in [0.3, 0.4) is 0 Å². The minimum absolute atomic E-state index is 0.104. The first-order valence-electron chi connectivity index (χ1n) is 11.2. The maximum absolute atomic E-state index is 13.4. The molecular weight excluding hydrogens is 420 g/mol. The maximum Gasteiger partial charge on any atom is 0.251 e. The summed E-state index contributed by atoms with van der Waals surface area (Å²) in [4.78, 5) is 39.2. The number of carbonyl (C=O) groups excluding carboxylic acids is 3. The van der Waals surface area contributed by atoms with Crippen molar-refractivity contribution in [2.45, 2.75) is 50.8 Å². The highest BCUT2D eigenvalue weighted by Crippen LogP contribution is 2.26. The van der Waals surface area contributed by atoms with E-state index in [0.29, 0.717) is 23.8 Å². The highest BCUT2D eigenvalue weighted by molar-refractivity contribution is 6.13. The van der Waals surface area contributed by atoms with Gasteiger partial charge in [0.15, 0.2) is 0 Å². The Morgan fingerprint density at radius 3 is 2.45 bits per heavy atom. The number of ether oxygens (including phenoxy) is 1. The number of phenols is 1. The lowest BCUT2D eigenvalue weighted by Crippen LogP contribution is -2.50. The largest absolute Gasteiger partial charge is 0.508 e. The van der Waals surface area contributed by atoms with Gasteiger partial charge in [-0.2, -0.15) is 0 Å². The van der Waals surface area contributed by atoms with E-state index in [2.05, 4.69) is 24.5 Å². The lowest BCUT2D eigenvalue weighted by atomic mass is 9.95. The molecular formula is C26H28N2O5. The average Bonchev–Trinajstić information content (AvgIpc) is 3.16. The third-order valence-corrected chi connectivity index (χ3v) is 6.04. The molecule has 1 fully saturated rings. The molecule has 7 nitrogen and oxygen atoms in total. The van der Waals surface area contributed by atoms with Gasteiger partial charge >= 0.3 is 0 Å². The summed E-state index contributed by atoms with van der Waals surface area (Å²) in [6.07, 6.45) is 1.45.